The number of esters is 2. The fraction of sp³-hybridized carbons (Fsp3) is 0.556. The van der Waals surface area contributed by atoms with Gasteiger partial charge in [0.25, 0.3) is 12.5 Å². The Kier molecular flexibility index (Phi) is 7.33. The minimum Gasteiger partial charge on any atom is -0.351 e. The predicted molar refractivity (Wildman–Crippen MR) is 46.5 cm³/mol. The zero-order valence-electron chi connectivity index (χ0n) is 8.06. The molecule has 0 spiro atoms. The van der Waals surface area contributed by atoms with Crippen molar-refractivity contribution >= 4 is 11.9 Å². The van der Waals surface area contributed by atoms with Crippen molar-refractivity contribution in [3.63, 3.8) is 0 Å². The van der Waals surface area contributed by atoms with Gasteiger partial charge in [0.15, 0.2) is 0 Å². The van der Waals surface area contributed by atoms with E-state index in [4.69, 9.17) is 10.5 Å². The van der Waals surface area contributed by atoms with Gasteiger partial charge in [0.2, 0.25) is 0 Å². The van der Waals surface area contributed by atoms with Crippen molar-refractivity contribution in [2.45, 2.75) is 32.1 Å². The van der Waals surface area contributed by atoms with E-state index in [2.05, 4.69) is 9.47 Å². The van der Waals surface area contributed by atoms with Crippen LogP contribution in [0.25, 0.3) is 0 Å². The van der Waals surface area contributed by atoms with Gasteiger partial charge in [-0.05, 0) is 12.8 Å². The number of nitrogens with zero attached hydrogens (tertiary/aromatic N) is 2. The molecule has 0 bridgehead atoms. The molecule has 0 aromatic carbocycles. The van der Waals surface area contributed by atoms with E-state index in [0.717, 1.165) is 0 Å². The molecule has 0 unspecified atom stereocenters. The normalized spacial score (nSPS) is 8.40. The molecule has 0 N–H and O–H groups in total. The van der Waals surface area contributed by atoms with Crippen LogP contribution in [0.2, 0.25) is 0 Å². The molecule has 6 heteroatoms. The van der Waals surface area contributed by atoms with E-state index >= 15 is 0 Å². The molecular weight excluding hydrogens is 200 g/mol. The molecule has 0 radical (unpaired) electrons. The van der Waals surface area contributed by atoms with Crippen LogP contribution < -0.4 is 0 Å². The molecule has 0 atom stereocenters. The molecule has 0 aliphatic carbocycles. The number of unbranched alkanes of at least 4 members (excludes halogenated alkanes) is 2. The summed E-state index contributed by atoms with van der Waals surface area (Å²) >= 11 is 0. The van der Waals surface area contributed by atoms with Crippen LogP contribution in [0.15, 0.2) is 0 Å². The Balaban J connectivity index is 3.33. The van der Waals surface area contributed by atoms with E-state index in [9.17, 15) is 9.59 Å². The largest absolute Gasteiger partial charge is 0.351 e. The van der Waals surface area contributed by atoms with Gasteiger partial charge < -0.3 is 9.47 Å². The second-order valence-electron chi connectivity index (χ2n) is 2.69. The van der Waals surface area contributed by atoms with Crippen LogP contribution in [0.3, 0.4) is 0 Å². The van der Waals surface area contributed by atoms with Crippen LogP contribution in [0.1, 0.15) is 32.1 Å². The highest BCUT2D eigenvalue weighted by Gasteiger charge is 2.04. The van der Waals surface area contributed by atoms with Crippen LogP contribution in [-0.4, -0.2) is 11.9 Å². The summed E-state index contributed by atoms with van der Waals surface area (Å²) < 4.78 is 8.08. The summed E-state index contributed by atoms with van der Waals surface area (Å²) in [7, 11) is 0. The molecule has 0 fully saturated rings. The molecule has 0 rings (SSSR count). The van der Waals surface area contributed by atoms with Crippen LogP contribution >= 0.6 is 0 Å². The first-order valence-corrected chi connectivity index (χ1v) is 4.38. The molecule has 0 aliphatic rings. The lowest BCUT2D eigenvalue weighted by Crippen LogP contribution is -2.01. The Bertz CT molecular complexity index is 270. The summed E-state index contributed by atoms with van der Waals surface area (Å²) in [5.74, 6) is -1.14. The Morgan fingerprint density at radius 1 is 0.867 bits per heavy atom. The first-order chi connectivity index (χ1) is 7.20. The molecule has 80 valence electrons. The number of carbonyl (C=O) groups is 2. The van der Waals surface area contributed by atoms with Gasteiger partial charge in [-0.2, -0.15) is 0 Å². The lowest BCUT2D eigenvalue weighted by molar-refractivity contribution is -0.137. The van der Waals surface area contributed by atoms with Crippen molar-refractivity contribution in [1.29, 1.82) is 10.5 Å². The molecule has 0 saturated carbocycles. The third-order valence-electron chi connectivity index (χ3n) is 1.58. The zero-order valence-corrected chi connectivity index (χ0v) is 8.06. The molecule has 0 aromatic heterocycles. The third kappa shape index (κ3) is 8.26. The van der Waals surface area contributed by atoms with Crippen LogP contribution in [0.5, 0.6) is 0 Å². The van der Waals surface area contributed by atoms with E-state index in [1.54, 1.807) is 0 Å². The maximum Gasteiger partial charge on any atom is 0.321 e. The van der Waals surface area contributed by atoms with E-state index < -0.39 is 11.9 Å². The van der Waals surface area contributed by atoms with Crippen molar-refractivity contribution < 1.29 is 19.1 Å². The number of hydrogen-bond acceptors (Lipinski definition) is 6. The SMILES string of the molecule is N#COC(=O)CCCCCC(=O)OC#N. The maximum absolute atomic E-state index is 10.7. The van der Waals surface area contributed by atoms with Crippen molar-refractivity contribution in [2.75, 3.05) is 0 Å². The minimum atomic E-state index is -0.572. The Morgan fingerprint density at radius 2 is 1.27 bits per heavy atom. The summed E-state index contributed by atoms with van der Waals surface area (Å²) in [4.78, 5) is 21.3. The highest BCUT2D eigenvalue weighted by atomic mass is 16.5. The highest BCUT2D eigenvalue weighted by molar-refractivity contribution is 5.70. The lowest BCUT2D eigenvalue weighted by Gasteiger charge is -1.97. The van der Waals surface area contributed by atoms with Crippen molar-refractivity contribution in [1.82, 2.24) is 0 Å². The number of carbonyl (C=O) groups excluding carboxylic acids is 2. The maximum atomic E-state index is 10.7. The van der Waals surface area contributed by atoms with E-state index in [1.165, 1.54) is 12.5 Å². The molecule has 0 amide bonds. The molecule has 0 aliphatic heterocycles. The molecule has 6 nitrogen and oxygen atoms in total. The average molecular weight is 210 g/mol. The van der Waals surface area contributed by atoms with E-state index in [-0.39, 0.29) is 12.8 Å². The van der Waals surface area contributed by atoms with Crippen LogP contribution in [0.4, 0.5) is 0 Å². The average Bonchev–Trinajstić information content (AvgIpc) is 2.18. The second-order valence-corrected chi connectivity index (χ2v) is 2.69. The molecule has 0 heterocycles. The monoisotopic (exact) mass is 210 g/mol. The van der Waals surface area contributed by atoms with E-state index in [1.807, 2.05) is 0 Å². The first-order valence-electron chi connectivity index (χ1n) is 4.38. The third-order valence-corrected chi connectivity index (χ3v) is 1.58. The Morgan fingerprint density at radius 3 is 1.60 bits per heavy atom. The highest BCUT2D eigenvalue weighted by Crippen LogP contribution is 2.04. The summed E-state index contributed by atoms with van der Waals surface area (Å²) in [6.45, 7) is 0. The molecule has 0 aromatic rings. The smallest absolute Gasteiger partial charge is 0.321 e. The summed E-state index contributed by atoms with van der Waals surface area (Å²) in [6, 6.07) is 0. The fourth-order valence-corrected chi connectivity index (χ4v) is 0.919. The minimum absolute atomic E-state index is 0.154. The van der Waals surface area contributed by atoms with Gasteiger partial charge in [0.1, 0.15) is 0 Å². The van der Waals surface area contributed by atoms with Crippen molar-refractivity contribution in [3.8, 4) is 12.5 Å². The summed E-state index contributed by atoms with van der Waals surface area (Å²) in [5.41, 5.74) is 0. The van der Waals surface area contributed by atoms with Gasteiger partial charge in [0.05, 0.1) is 0 Å². The fourth-order valence-electron chi connectivity index (χ4n) is 0.919. The quantitative estimate of drug-likeness (QED) is 0.368. The topological polar surface area (TPSA) is 100 Å². The van der Waals surface area contributed by atoms with E-state index in [0.29, 0.717) is 19.3 Å². The lowest BCUT2D eigenvalue weighted by atomic mass is 10.1. The van der Waals surface area contributed by atoms with Crippen molar-refractivity contribution in [2.24, 2.45) is 0 Å². The van der Waals surface area contributed by atoms with Gasteiger partial charge in [-0.1, -0.05) is 6.42 Å². The predicted octanol–water partition coefficient (Wildman–Crippen LogP) is 0.985. The molecule has 15 heavy (non-hydrogen) atoms. The first kappa shape index (κ1) is 12.9. The van der Waals surface area contributed by atoms with Crippen LogP contribution in [-0.2, 0) is 19.1 Å². The summed E-state index contributed by atoms with van der Waals surface area (Å²) in [6.07, 6.45) is 4.60. The Hall–Kier alpha value is -2.08. The zero-order chi connectivity index (χ0) is 11.5. The number of ether oxygens (including phenoxy) is 2. The van der Waals surface area contributed by atoms with Gasteiger partial charge >= 0.3 is 11.9 Å². The Labute approximate surface area is 87.0 Å². The molecule has 0 saturated heterocycles. The standard InChI is InChI=1S/C9H10N2O4/c10-6-14-8(12)4-2-1-3-5-9(13)15-7-11/h1-5H2. The number of rotatable bonds is 6. The number of hydrogen-bond donors (Lipinski definition) is 0. The van der Waals surface area contributed by atoms with Gasteiger partial charge in [-0.25, -0.2) is 0 Å². The van der Waals surface area contributed by atoms with Gasteiger partial charge in [-0.15, -0.1) is 10.5 Å². The molecular formula is C9H10N2O4. The number of nitriles is 2. The second kappa shape index (κ2) is 8.52. The van der Waals surface area contributed by atoms with Crippen molar-refractivity contribution in [3.05, 3.63) is 0 Å². The van der Waals surface area contributed by atoms with Gasteiger partial charge in [-0.3, -0.25) is 9.59 Å². The van der Waals surface area contributed by atoms with Crippen LogP contribution in [0, 0.1) is 23.0 Å². The van der Waals surface area contributed by atoms with Gasteiger partial charge in [0, 0.05) is 12.8 Å². The summed E-state index contributed by atoms with van der Waals surface area (Å²) in [5, 5.41) is 16.0.